The smallest absolute Gasteiger partial charge is 0.133 e. The lowest BCUT2D eigenvalue weighted by Gasteiger charge is -2.14. The van der Waals surface area contributed by atoms with E-state index in [1.807, 2.05) is 48.5 Å². The van der Waals surface area contributed by atoms with Crippen LogP contribution in [0.5, 0.6) is 11.5 Å². The SMILES string of the molecule is CC(O)c1cc(Br)ccc1Oc1ccc2cccnc2c1. The van der Waals surface area contributed by atoms with Gasteiger partial charge in [0.1, 0.15) is 11.5 Å². The Kier molecular flexibility index (Phi) is 3.90. The van der Waals surface area contributed by atoms with Crippen LogP contribution in [0.1, 0.15) is 18.6 Å². The maximum atomic E-state index is 9.87. The number of fused-ring (bicyclic) bond motifs is 1. The highest BCUT2D eigenvalue weighted by Crippen LogP contribution is 2.32. The van der Waals surface area contributed by atoms with Gasteiger partial charge in [0.25, 0.3) is 0 Å². The van der Waals surface area contributed by atoms with Crippen LogP contribution in [0.3, 0.4) is 0 Å². The van der Waals surface area contributed by atoms with E-state index in [9.17, 15) is 5.11 Å². The topological polar surface area (TPSA) is 42.4 Å². The van der Waals surface area contributed by atoms with Gasteiger partial charge in [0.05, 0.1) is 11.6 Å². The van der Waals surface area contributed by atoms with Crippen LogP contribution >= 0.6 is 15.9 Å². The highest BCUT2D eigenvalue weighted by Gasteiger charge is 2.11. The molecule has 1 aromatic heterocycles. The molecule has 0 amide bonds. The van der Waals surface area contributed by atoms with Crippen molar-refractivity contribution < 1.29 is 9.84 Å². The van der Waals surface area contributed by atoms with Crippen molar-refractivity contribution in [3.63, 3.8) is 0 Å². The number of rotatable bonds is 3. The summed E-state index contributed by atoms with van der Waals surface area (Å²) < 4.78 is 6.82. The molecule has 21 heavy (non-hydrogen) atoms. The standard InChI is InChI=1S/C17H14BrNO2/c1-11(20)15-9-13(18)5-7-17(15)21-14-6-4-12-3-2-8-19-16(12)10-14/h2-11,20H,1H3. The average molecular weight is 344 g/mol. The minimum absolute atomic E-state index is 0.601. The van der Waals surface area contributed by atoms with Gasteiger partial charge in [0.2, 0.25) is 0 Å². The molecule has 1 atom stereocenters. The third-order valence-corrected chi connectivity index (χ3v) is 3.72. The molecule has 1 N–H and O–H groups in total. The van der Waals surface area contributed by atoms with E-state index in [0.29, 0.717) is 11.5 Å². The summed E-state index contributed by atoms with van der Waals surface area (Å²) >= 11 is 3.41. The summed E-state index contributed by atoms with van der Waals surface area (Å²) in [4.78, 5) is 4.32. The Hall–Kier alpha value is -1.91. The van der Waals surface area contributed by atoms with Gasteiger partial charge >= 0.3 is 0 Å². The molecule has 0 saturated heterocycles. The van der Waals surface area contributed by atoms with Crippen LogP contribution in [0.15, 0.2) is 59.2 Å². The largest absolute Gasteiger partial charge is 0.457 e. The highest BCUT2D eigenvalue weighted by molar-refractivity contribution is 9.10. The Balaban J connectivity index is 1.98. The molecule has 1 heterocycles. The van der Waals surface area contributed by atoms with Gasteiger partial charge in [-0.3, -0.25) is 4.98 Å². The van der Waals surface area contributed by atoms with Crippen LogP contribution in [-0.4, -0.2) is 10.1 Å². The molecule has 4 heteroatoms. The Morgan fingerprint density at radius 2 is 2.00 bits per heavy atom. The number of ether oxygens (including phenoxy) is 1. The third kappa shape index (κ3) is 3.06. The van der Waals surface area contributed by atoms with Gasteiger partial charge < -0.3 is 9.84 Å². The average Bonchev–Trinajstić information content (AvgIpc) is 2.49. The molecule has 0 radical (unpaired) electrons. The second-order valence-electron chi connectivity index (χ2n) is 4.82. The van der Waals surface area contributed by atoms with Gasteiger partial charge in [-0.25, -0.2) is 0 Å². The first-order valence-corrected chi connectivity index (χ1v) is 7.43. The molecule has 0 aliphatic rings. The first kappa shape index (κ1) is 14.0. The number of benzene rings is 2. The number of aromatic nitrogens is 1. The predicted octanol–water partition coefficient (Wildman–Crippen LogP) is 4.84. The Labute approximate surface area is 131 Å². The van der Waals surface area contributed by atoms with E-state index < -0.39 is 6.10 Å². The minimum atomic E-state index is -0.601. The van der Waals surface area contributed by atoms with Crippen molar-refractivity contribution in [2.45, 2.75) is 13.0 Å². The molecule has 0 fully saturated rings. The second kappa shape index (κ2) is 5.84. The minimum Gasteiger partial charge on any atom is -0.457 e. The van der Waals surface area contributed by atoms with Crippen molar-refractivity contribution in [2.24, 2.45) is 0 Å². The summed E-state index contributed by atoms with van der Waals surface area (Å²) in [6.45, 7) is 1.72. The number of halogens is 1. The van der Waals surface area contributed by atoms with Crippen molar-refractivity contribution in [1.82, 2.24) is 4.98 Å². The van der Waals surface area contributed by atoms with Gasteiger partial charge in [-0.15, -0.1) is 0 Å². The number of hydrogen-bond donors (Lipinski definition) is 1. The fourth-order valence-corrected chi connectivity index (χ4v) is 2.55. The Morgan fingerprint density at radius 3 is 2.81 bits per heavy atom. The van der Waals surface area contributed by atoms with Crippen molar-refractivity contribution >= 4 is 26.8 Å². The summed E-state index contributed by atoms with van der Waals surface area (Å²) in [6, 6.07) is 15.3. The van der Waals surface area contributed by atoms with E-state index in [0.717, 1.165) is 20.9 Å². The maximum absolute atomic E-state index is 9.87. The van der Waals surface area contributed by atoms with E-state index >= 15 is 0 Å². The van der Waals surface area contributed by atoms with Crippen LogP contribution in [-0.2, 0) is 0 Å². The van der Waals surface area contributed by atoms with Gasteiger partial charge in [0, 0.05) is 27.7 Å². The first-order valence-electron chi connectivity index (χ1n) is 6.63. The third-order valence-electron chi connectivity index (χ3n) is 3.23. The molecule has 0 saturated carbocycles. The summed E-state index contributed by atoms with van der Waals surface area (Å²) in [5, 5.41) is 10.9. The zero-order chi connectivity index (χ0) is 14.8. The second-order valence-corrected chi connectivity index (χ2v) is 5.73. The van der Waals surface area contributed by atoms with Crippen molar-refractivity contribution in [1.29, 1.82) is 0 Å². The van der Waals surface area contributed by atoms with Gasteiger partial charge in [0.15, 0.2) is 0 Å². The number of aliphatic hydroxyl groups is 1. The maximum Gasteiger partial charge on any atom is 0.133 e. The monoisotopic (exact) mass is 343 g/mol. The fraction of sp³-hybridized carbons (Fsp3) is 0.118. The summed E-state index contributed by atoms with van der Waals surface area (Å²) in [5.41, 5.74) is 1.62. The van der Waals surface area contributed by atoms with Crippen molar-refractivity contribution in [3.8, 4) is 11.5 Å². The molecule has 3 aromatic rings. The van der Waals surface area contributed by atoms with Gasteiger partial charge in [-0.05, 0) is 43.3 Å². The van der Waals surface area contributed by atoms with Gasteiger partial charge in [-0.1, -0.05) is 22.0 Å². The van der Waals surface area contributed by atoms with Gasteiger partial charge in [-0.2, -0.15) is 0 Å². The molecule has 2 aromatic carbocycles. The first-order chi connectivity index (χ1) is 10.1. The molecule has 0 aliphatic carbocycles. The number of pyridine rings is 1. The number of nitrogens with zero attached hydrogens (tertiary/aromatic N) is 1. The van der Waals surface area contributed by atoms with E-state index in [1.54, 1.807) is 13.1 Å². The lowest BCUT2D eigenvalue weighted by Crippen LogP contribution is -1.96. The Morgan fingerprint density at radius 1 is 1.14 bits per heavy atom. The van der Waals surface area contributed by atoms with Crippen LogP contribution in [0, 0.1) is 0 Å². The van der Waals surface area contributed by atoms with E-state index in [4.69, 9.17) is 4.74 Å². The normalized spacial score (nSPS) is 12.3. The van der Waals surface area contributed by atoms with Crippen molar-refractivity contribution in [3.05, 3.63) is 64.8 Å². The van der Waals surface area contributed by atoms with Crippen LogP contribution < -0.4 is 4.74 Å². The highest BCUT2D eigenvalue weighted by atomic mass is 79.9. The zero-order valence-corrected chi connectivity index (χ0v) is 13.0. The molecule has 106 valence electrons. The molecule has 3 rings (SSSR count). The van der Waals surface area contributed by atoms with E-state index in [2.05, 4.69) is 20.9 Å². The lowest BCUT2D eigenvalue weighted by molar-refractivity contribution is 0.195. The number of aliphatic hydroxyl groups excluding tert-OH is 1. The quantitative estimate of drug-likeness (QED) is 0.739. The predicted molar refractivity (Wildman–Crippen MR) is 86.6 cm³/mol. The molecular formula is C17H14BrNO2. The van der Waals surface area contributed by atoms with E-state index in [-0.39, 0.29) is 0 Å². The lowest BCUT2D eigenvalue weighted by atomic mass is 10.1. The van der Waals surface area contributed by atoms with E-state index in [1.165, 1.54) is 0 Å². The fourth-order valence-electron chi connectivity index (χ4n) is 2.18. The van der Waals surface area contributed by atoms with Crippen LogP contribution in [0.2, 0.25) is 0 Å². The Bertz CT molecular complexity index is 787. The molecule has 0 spiro atoms. The van der Waals surface area contributed by atoms with Crippen molar-refractivity contribution in [2.75, 3.05) is 0 Å². The van der Waals surface area contributed by atoms with Crippen LogP contribution in [0.25, 0.3) is 10.9 Å². The number of hydrogen-bond acceptors (Lipinski definition) is 3. The molecule has 3 nitrogen and oxygen atoms in total. The molecule has 1 unspecified atom stereocenters. The molecule has 0 bridgehead atoms. The summed E-state index contributed by atoms with van der Waals surface area (Å²) in [6.07, 6.45) is 1.16. The summed E-state index contributed by atoms with van der Waals surface area (Å²) in [7, 11) is 0. The molecular weight excluding hydrogens is 330 g/mol. The zero-order valence-electron chi connectivity index (χ0n) is 11.5. The van der Waals surface area contributed by atoms with Crippen LogP contribution in [0.4, 0.5) is 0 Å². The molecule has 0 aliphatic heterocycles. The summed E-state index contributed by atoms with van der Waals surface area (Å²) in [5.74, 6) is 1.34.